The third kappa shape index (κ3) is 6.39. The minimum Gasteiger partial charge on any atom is -0.480 e. The van der Waals surface area contributed by atoms with Gasteiger partial charge >= 0.3 is 12.0 Å². The zero-order valence-corrected chi connectivity index (χ0v) is 14.4. The molecular weight excluding hydrogens is 356 g/mol. The number of aliphatic carboxylic acids is 1. The predicted octanol–water partition coefficient (Wildman–Crippen LogP) is 2.80. The van der Waals surface area contributed by atoms with Crippen molar-refractivity contribution in [1.29, 1.82) is 0 Å². The summed E-state index contributed by atoms with van der Waals surface area (Å²) in [6.45, 7) is 0.417. The highest BCUT2D eigenvalue weighted by atomic mass is 79.9. The molecule has 0 aliphatic carbocycles. The first-order valence-electron chi connectivity index (χ1n) is 6.42. The van der Waals surface area contributed by atoms with Gasteiger partial charge in [0.25, 0.3) is 0 Å². The van der Waals surface area contributed by atoms with Gasteiger partial charge in [-0.25, -0.2) is 9.59 Å². The highest BCUT2D eigenvalue weighted by Crippen LogP contribution is 2.13. The van der Waals surface area contributed by atoms with E-state index in [-0.39, 0.29) is 6.03 Å². The SMILES string of the molecule is CSCC[C@H](NC(=O)N(C)Cc1cccc(Br)c1)C(=O)O. The summed E-state index contributed by atoms with van der Waals surface area (Å²) in [5, 5.41) is 11.7. The van der Waals surface area contributed by atoms with Crippen molar-refractivity contribution in [2.75, 3.05) is 19.1 Å². The van der Waals surface area contributed by atoms with Crippen LogP contribution in [0.1, 0.15) is 12.0 Å². The van der Waals surface area contributed by atoms with Gasteiger partial charge < -0.3 is 15.3 Å². The molecule has 0 saturated carbocycles. The van der Waals surface area contributed by atoms with Gasteiger partial charge in [-0.2, -0.15) is 11.8 Å². The Kier molecular flexibility index (Phi) is 7.60. The molecule has 0 fully saturated rings. The van der Waals surface area contributed by atoms with Crippen molar-refractivity contribution >= 4 is 39.7 Å². The van der Waals surface area contributed by atoms with E-state index in [0.29, 0.717) is 18.7 Å². The molecule has 0 aliphatic rings. The Bertz CT molecular complexity index is 499. The molecule has 21 heavy (non-hydrogen) atoms. The Balaban J connectivity index is 2.58. The molecule has 2 amide bonds. The van der Waals surface area contributed by atoms with E-state index in [2.05, 4.69) is 21.2 Å². The van der Waals surface area contributed by atoms with Crippen molar-refractivity contribution < 1.29 is 14.7 Å². The number of urea groups is 1. The normalized spacial score (nSPS) is 11.8. The molecule has 1 aromatic carbocycles. The molecule has 0 saturated heterocycles. The average molecular weight is 375 g/mol. The van der Waals surface area contributed by atoms with Crippen LogP contribution in [0, 0.1) is 0 Å². The van der Waals surface area contributed by atoms with Gasteiger partial charge in [-0.3, -0.25) is 0 Å². The molecule has 0 heterocycles. The van der Waals surface area contributed by atoms with Crippen molar-refractivity contribution in [3.63, 3.8) is 0 Å². The van der Waals surface area contributed by atoms with Crippen LogP contribution in [-0.4, -0.2) is 47.1 Å². The molecule has 0 spiro atoms. The van der Waals surface area contributed by atoms with Crippen LogP contribution in [-0.2, 0) is 11.3 Å². The lowest BCUT2D eigenvalue weighted by Gasteiger charge is -2.21. The molecule has 0 unspecified atom stereocenters. The average Bonchev–Trinajstić information content (AvgIpc) is 2.42. The van der Waals surface area contributed by atoms with E-state index in [1.54, 1.807) is 18.8 Å². The molecule has 5 nitrogen and oxygen atoms in total. The number of carboxylic acid groups (broad SMARTS) is 1. The number of carboxylic acids is 1. The number of carbonyl (C=O) groups is 2. The minimum absolute atomic E-state index is 0.386. The molecular formula is C14H19BrN2O3S. The summed E-state index contributed by atoms with van der Waals surface area (Å²) < 4.78 is 0.942. The van der Waals surface area contributed by atoms with Crippen molar-refractivity contribution in [2.24, 2.45) is 0 Å². The van der Waals surface area contributed by atoms with Gasteiger partial charge in [0, 0.05) is 18.1 Å². The number of hydrogen-bond acceptors (Lipinski definition) is 3. The van der Waals surface area contributed by atoms with Gasteiger partial charge in [-0.05, 0) is 36.1 Å². The number of rotatable bonds is 7. The van der Waals surface area contributed by atoms with E-state index in [0.717, 1.165) is 10.0 Å². The molecule has 1 aromatic rings. The number of carbonyl (C=O) groups excluding carboxylic acids is 1. The van der Waals surface area contributed by atoms with Gasteiger partial charge in [0.05, 0.1) is 0 Å². The van der Waals surface area contributed by atoms with E-state index in [1.165, 1.54) is 4.90 Å². The van der Waals surface area contributed by atoms with Gasteiger partial charge in [-0.1, -0.05) is 28.1 Å². The van der Waals surface area contributed by atoms with Crippen LogP contribution in [0.2, 0.25) is 0 Å². The summed E-state index contributed by atoms with van der Waals surface area (Å²) in [7, 11) is 1.64. The van der Waals surface area contributed by atoms with Gasteiger partial charge in [-0.15, -0.1) is 0 Å². The molecule has 0 bridgehead atoms. The molecule has 7 heteroatoms. The quantitative estimate of drug-likeness (QED) is 0.769. The summed E-state index contributed by atoms with van der Waals surface area (Å²) in [5.41, 5.74) is 0.970. The summed E-state index contributed by atoms with van der Waals surface area (Å²) >= 11 is 4.93. The van der Waals surface area contributed by atoms with E-state index >= 15 is 0 Å². The molecule has 1 rings (SSSR count). The zero-order valence-electron chi connectivity index (χ0n) is 12.0. The summed E-state index contributed by atoms with van der Waals surface area (Å²) in [6, 6.07) is 6.40. The Labute approximate surface area is 137 Å². The van der Waals surface area contributed by atoms with E-state index in [4.69, 9.17) is 5.11 Å². The van der Waals surface area contributed by atoms with E-state index < -0.39 is 12.0 Å². The molecule has 116 valence electrons. The smallest absolute Gasteiger partial charge is 0.326 e. The summed E-state index contributed by atoms with van der Waals surface area (Å²) in [6.07, 6.45) is 2.31. The maximum Gasteiger partial charge on any atom is 0.326 e. The van der Waals surface area contributed by atoms with Crippen molar-refractivity contribution in [3.8, 4) is 0 Å². The second kappa shape index (κ2) is 8.94. The lowest BCUT2D eigenvalue weighted by Crippen LogP contribution is -2.46. The zero-order chi connectivity index (χ0) is 15.8. The molecule has 0 radical (unpaired) electrons. The van der Waals surface area contributed by atoms with Crippen LogP contribution in [0.3, 0.4) is 0 Å². The number of benzene rings is 1. The topological polar surface area (TPSA) is 69.6 Å². The first-order chi connectivity index (χ1) is 9.93. The number of amides is 2. The number of nitrogens with one attached hydrogen (secondary N) is 1. The van der Waals surface area contributed by atoms with Gasteiger partial charge in [0.2, 0.25) is 0 Å². The summed E-state index contributed by atoms with van der Waals surface area (Å²) in [4.78, 5) is 24.6. The van der Waals surface area contributed by atoms with Crippen LogP contribution < -0.4 is 5.32 Å². The first kappa shape index (κ1) is 17.8. The molecule has 2 N–H and O–H groups in total. The second-order valence-electron chi connectivity index (χ2n) is 4.61. The third-order valence-electron chi connectivity index (χ3n) is 2.86. The first-order valence-corrected chi connectivity index (χ1v) is 8.60. The maximum atomic E-state index is 12.0. The standard InChI is InChI=1S/C14H19BrN2O3S/c1-17(9-10-4-3-5-11(15)8-10)14(20)16-12(13(18)19)6-7-21-2/h3-5,8,12H,6-7,9H2,1-2H3,(H,16,20)(H,18,19)/t12-/m0/s1. The van der Waals surface area contributed by atoms with Gasteiger partial charge in [0.1, 0.15) is 6.04 Å². The number of nitrogens with zero attached hydrogens (tertiary/aromatic N) is 1. The number of thioether (sulfide) groups is 1. The van der Waals surface area contributed by atoms with E-state index in [1.807, 2.05) is 30.5 Å². The van der Waals surface area contributed by atoms with Crippen LogP contribution in [0.4, 0.5) is 4.79 Å². The fourth-order valence-electron chi connectivity index (χ4n) is 1.73. The molecule has 1 atom stereocenters. The van der Waals surface area contributed by atoms with Crippen molar-refractivity contribution in [1.82, 2.24) is 10.2 Å². The molecule has 0 aromatic heterocycles. The lowest BCUT2D eigenvalue weighted by atomic mass is 10.2. The Morgan fingerprint density at radius 1 is 1.48 bits per heavy atom. The largest absolute Gasteiger partial charge is 0.480 e. The monoisotopic (exact) mass is 374 g/mol. The van der Waals surface area contributed by atoms with Gasteiger partial charge in [0.15, 0.2) is 0 Å². The second-order valence-corrected chi connectivity index (χ2v) is 6.51. The van der Waals surface area contributed by atoms with Crippen LogP contribution in [0.15, 0.2) is 28.7 Å². The Hall–Kier alpha value is -1.21. The van der Waals surface area contributed by atoms with Crippen LogP contribution in [0.5, 0.6) is 0 Å². The summed E-state index contributed by atoms with van der Waals surface area (Å²) in [5.74, 6) is -0.319. The highest BCUT2D eigenvalue weighted by molar-refractivity contribution is 9.10. The lowest BCUT2D eigenvalue weighted by molar-refractivity contribution is -0.139. The van der Waals surface area contributed by atoms with Crippen LogP contribution in [0.25, 0.3) is 0 Å². The van der Waals surface area contributed by atoms with E-state index in [9.17, 15) is 9.59 Å². The van der Waals surface area contributed by atoms with Crippen LogP contribution >= 0.6 is 27.7 Å². The predicted molar refractivity (Wildman–Crippen MR) is 88.6 cm³/mol. The number of hydrogen-bond donors (Lipinski definition) is 2. The Morgan fingerprint density at radius 3 is 2.76 bits per heavy atom. The van der Waals surface area contributed by atoms with Crippen molar-refractivity contribution in [3.05, 3.63) is 34.3 Å². The number of halogens is 1. The Morgan fingerprint density at radius 2 is 2.19 bits per heavy atom. The van der Waals surface area contributed by atoms with Crippen molar-refractivity contribution in [2.45, 2.75) is 19.0 Å². The fourth-order valence-corrected chi connectivity index (χ4v) is 2.65. The highest BCUT2D eigenvalue weighted by Gasteiger charge is 2.21. The third-order valence-corrected chi connectivity index (χ3v) is 4.00. The fraction of sp³-hybridized carbons (Fsp3) is 0.429. The maximum absolute atomic E-state index is 12.0. The minimum atomic E-state index is -1.01. The molecule has 0 aliphatic heterocycles.